The van der Waals surface area contributed by atoms with Crippen LogP contribution in [0.1, 0.15) is 45.4 Å². The number of hydrogen-bond acceptors (Lipinski definition) is 2. The second-order valence-electron chi connectivity index (χ2n) is 5.56. The van der Waals surface area contributed by atoms with Gasteiger partial charge in [-0.05, 0) is 24.7 Å². The van der Waals surface area contributed by atoms with Gasteiger partial charge in [-0.2, -0.15) is 0 Å². The van der Waals surface area contributed by atoms with E-state index in [0.717, 1.165) is 31.0 Å². The number of halogens is 1. The van der Waals surface area contributed by atoms with E-state index < -0.39 is 0 Å². The van der Waals surface area contributed by atoms with E-state index in [0.29, 0.717) is 6.54 Å². The van der Waals surface area contributed by atoms with Crippen LogP contribution in [0.15, 0.2) is 0 Å². The van der Waals surface area contributed by atoms with Gasteiger partial charge in [-0.1, -0.05) is 42.1 Å². The molecule has 1 aliphatic carbocycles. The van der Waals surface area contributed by atoms with Crippen molar-refractivity contribution in [2.45, 2.75) is 51.5 Å². The first-order valence-corrected chi connectivity index (χ1v) is 7.92. The van der Waals surface area contributed by atoms with Gasteiger partial charge in [0.2, 0.25) is 0 Å². The number of amides is 3. The summed E-state index contributed by atoms with van der Waals surface area (Å²) in [5, 5.41) is 3.66. The van der Waals surface area contributed by atoms with E-state index >= 15 is 0 Å². The van der Waals surface area contributed by atoms with Crippen molar-refractivity contribution >= 4 is 27.9 Å². The molecule has 1 saturated heterocycles. The van der Waals surface area contributed by atoms with Crippen LogP contribution in [0.3, 0.4) is 0 Å². The summed E-state index contributed by atoms with van der Waals surface area (Å²) < 4.78 is 0. The van der Waals surface area contributed by atoms with E-state index in [2.05, 4.69) is 21.2 Å². The summed E-state index contributed by atoms with van der Waals surface area (Å²) in [5.41, 5.74) is 0.105. The lowest BCUT2D eigenvalue weighted by Gasteiger charge is -2.30. The van der Waals surface area contributed by atoms with Gasteiger partial charge in [-0.3, -0.25) is 9.69 Å². The summed E-state index contributed by atoms with van der Waals surface area (Å²) >= 11 is 3.56. The molecule has 1 heterocycles. The third kappa shape index (κ3) is 2.56. The van der Waals surface area contributed by atoms with Gasteiger partial charge < -0.3 is 5.32 Å². The first-order valence-electron chi connectivity index (χ1n) is 6.80. The van der Waals surface area contributed by atoms with Crippen LogP contribution < -0.4 is 5.32 Å². The maximum absolute atomic E-state index is 12.2. The summed E-state index contributed by atoms with van der Waals surface area (Å²) in [4.78, 5) is 25.5. The van der Waals surface area contributed by atoms with Crippen molar-refractivity contribution in [2.75, 3.05) is 11.9 Å². The van der Waals surface area contributed by atoms with E-state index in [1.807, 2.05) is 6.92 Å². The lowest BCUT2D eigenvalue weighted by atomic mass is 9.88. The van der Waals surface area contributed by atoms with Crippen molar-refractivity contribution in [1.29, 1.82) is 0 Å². The van der Waals surface area contributed by atoms with E-state index in [-0.39, 0.29) is 23.4 Å². The molecule has 2 rings (SSSR count). The molecule has 0 radical (unpaired) electrons. The largest absolute Gasteiger partial charge is 0.326 e. The van der Waals surface area contributed by atoms with Gasteiger partial charge in [-0.25, -0.2) is 4.79 Å². The number of carbonyl (C=O) groups is 2. The van der Waals surface area contributed by atoms with Gasteiger partial charge in [-0.15, -0.1) is 0 Å². The van der Waals surface area contributed by atoms with Crippen molar-refractivity contribution in [3.8, 4) is 0 Å². The molecule has 1 atom stereocenters. The van der Waals surface area contributed by atoms with Gasteiger partial charge in [0.1, 0.15) is 6.04 Å². The van der Waals surface area contributed by atoms with Crippen LogP contribution in [0.25, 0.3) is 0 Å². The normalized spacial score (nSPS) is 26.8. The molecule has 2 fully saturated rings. The third-order valence-electron chi connectivity index (χ3n) is 4.13. The molecule has 4 nitrogen and oxygen atoms in total. The highest BCUT2D eigenvalue weighted by molar-refractivity contribution is 9.09. The maximum Gasteiger partial charge on any atom is 0.324 e. The molecular weight excluding hydrogens is 296 g/mol. The Morgan fingerprint density at radius 3 is 2.61 bits per heavy atom. The Labute approximate surface area is 117 Å². The Balaban J connectivity index is 2.04. The minimum atomic E-state index is -0.295. The van der Waals surface area contributed by atoms with Gasteiger partial charge in [0.15, 0.2) is 0 Å². The van der Waals surface area contributed by atoms with Crippen molar-refractivity contribution in [2.24, 2.45) is 5.41 Å². The monoisotopic (exact) mass is 316 g/mol. The van der Waals surface area contributed by atoms with Crippen LogP contribution in [0.5, 0.6) is 0 Å². The third-order valence-corrected chi connectivity index (χ3v) is 5.32. The molecule has 1 saturated carbocycles. The molecule has 0 aromatic rings. The van der Waals surface area contributed by atoms with Crippen LogP contribution in [0.4, 0.5) is 4.79 Å². The van der Waals surface area contributed by atoms with Crippen molar-refractivity contribution in [3.05, 3.63) is 0 Å². The molecule has 5 heteroatoms. The summed E-state index contributed by atoms with van der Waals surface area (Å²) in [5.74, 6) is -0.0333. The van der Waals surface area contributed by atoms with E-state index in [1.54, 1.807) is 0 Å². The van der Waals surface area contributed by atoms with E-state index in [1.165, 1.54) is 17.7 Å². The van der Waals surface area contributed by atoms with Crippen LogP contribution in [0.2, 0.25) is 0 Å². The van der Waals surface area contributed by atoms with Crippen LogP contribution >= 0.6 is 15.9 Å². The summed E-state index contributed by atoms with van der Waals surface area (Å²) in [6, 6.07) is -0.498. The molecule has 2 aliphatic rings. The summed E-state index contributed by atoms with van der Waals surface area (Å²) in [7, 11) is 0. The first-order chi connectivity index (χ1) is 8.62. The topological polar surface area (TPSA) is 49.4 Å². The average molecular weight is 317 g/mol. The number of carbonyl (C=O) groups excluding carboxylic acids is 2. The quantitative estimate of drug-likeness (QED) is 0.626. The van der Waals surface area contributed by atoms with Crippen LogP contribution in [0, 0.1) is 5.41 Å². The lowest BCUT2D eigenvalue weighted by molar-refractivity contribution is -0.128. The fourth-order valence-corrected chi connectivity index (χ4v) is 3.74. The molecule has 3 amide bonds. The highest BCUT2D eigenvalue weighted by Gasteiger charge is 2.43. The number of hydrogen-bond donors (Lipinski definition) is 1. The predicted molar refractivity (Wildman–Crippen MR) is 73.6 cm³/mol. The van der Waals surface area contributed by atoms with E-state index in [4.69, 9.17) is 0 Å². The fourth-order valence-electron chi connectivity index (χ4n) is 3.01. The second kappa shape index (κ2) is 5.59. The number of nitrogens with one attached hydrogen (secondary N) is 1. The Kier molecular flexibility index (Phi) is 4.30. The second-order valence-corrected chi connectivity index (χ2v) is 6.12. The number of rotatable bonds is 5. The van der Waals surface area contributed by atoms with Gasteiger partial charge in [0.25, 0.3) is 5.91 Å². The predicted octanol–water partition coefficient (Wildman–Crippen LogP) is 2.66. The molecule has 18 heavy (non-hydrogen) atoms. The minimum Gasteiger partial charge on any atom is -0.326 e. The summed E-state index contributed by atoms with van der Waals surface area (Å²) in [6.07, 6.45) is 6.26. The Morgan fingerprint density at radius 2 is 2.06 bits per heavy atom. The molecule has 0 spiro atoms. The van der Waals surface area contributed by atoms with Gasteiger partial charge >= 0.3 is 6.03 Å². The lowest BCUT2D eigenvalue weighted by Crippen LogP contribution is -2.41. The molecule has 0 aromatic heterocycles. The zero-order valence-electron chi connectivity index (χ0n) is 10.9. The molecule has 102 valence electrons. The van der Waals surface area contributed by atoms with Crippen LogP contribution in [-0.2, 0) is 4.79 Å². The highest BCUT2D eigenvalue weighted by Crippen LogP contribution is 2.40. The molecule has 0 aromatic carbocycles. The van der Waals surface area contributed by atoms with E-state index in [9.17, 15) is 9.59 Å². The van der Waals surface area contributed by atoms with Gasteiger partial charge in [0.05, 0.1) is 0 Å². The zero-order chi connectivity index (χ0) is 13.2. The fraction of sp³-hybridized carbons (Fsp3) is 0.846. The Morgan fingerprint density at radius 1 is 1.39 bits per heavy atom. The molecular formula is C13H21BrN2O2. The van der Waals surface area contributed by atoms with Crippen molar-refractivity contribution in [1.82, 2.24) is 10.2 Å². The molecule has 0 bridgehead atoms. The average Bonchev–Trinajstić information content (AvgIpc) is 2.92. The van der Waals surface area contributed by atoms with Crippen molar-refractivity contribution in [3.63, 3.8) is 0 Å². The maximum atomic E-state index is 12.2. The highest BCUT2D eigenvalue weighted by atomic mass is 79.9. The molecule has 1 unspecified atom stereocenters. The number of urea groups is 1. The van der Waals surface area contributed by atoms with Gasteiger partial charge in [0, 0.05) is 11.9 Å². The minimum absolute atomic E-state index is 0.0333. The van der Waals surface area contributed by atoms with Crippen molar-refractivity contribution < 1.29 is 9.59 Å². The van der Waals surface area contributed by atoms with Crippen LogP contribution in [-0.4, -0.2) is 34.8 Å². The Hall–Kier alpha value is -0.580. The SMILES string of the molecule is CCCC1NC(=O)N(CC2(CBr)CCCC2)C1=O. The number of alkyl halides is 1. The zero-order valence-corrected chi connectivity index (χ0v) is 12.5. The molecule has 1 aliphatic heterocycles. The smallest absolute Gasteiger partial charge is 0.324 e. The molecule has 1 N–H and O–H groups in total. The Bertz CT molecular complexity index is 340. The first kappa shape index (κ1) is 13.8. The number of nitrogens with zero attached hydrogens (tertiary/aromatic N) is 1. The summed E-state index contributed by atoms with van der Waals surface area (Å²) in [6.45, 7) is 2.60. The number of imide groups is 1. The standard InChI is InChI=1S/C13H21BrN2O2/c1-2-5-10-11(17)16(12(18)15-10)9-13(8-14)6-3-4-7-13/h10H,2-9H2,1H3,(H,15,18).